The lowest BCUT2D eigenvalue weighted by atomic mass is 10.1. The van der Waals surface area contributed by atoms with Crippen molar-refractivity contribution in [3.05, 3.63) is 48.5 Å². The largest absolute Gasteiger partial charge is 0.475 e. The van der Waals surface area contributed by atoms with Gasteiger partial charge in [-0.05, 0) is 23.8 Å². The maximum absolute atomic E-state index is 13.0. The maximum Gasteiger partial charge on any atom is 0.173 e. The van der Waals surface area contributed by atoms with Crippen LogP contribution in [0.15, 0.2) is 42.7 Å². The lowest BCUT2D eigenvalue weighted by molar-refractivity contribution is -0.0786. The van der Waals surface area contributed by atoms with Crippen molar-refractivity contribution in [3.63, 3.8) is 0 Å². The molecule has 0 bridgehead atoms. The zero-order valence-electron chi connectivity index (χ0n) is 12.0. The Morgan fingerprint density at radius 3 is 2.52 bits per heavy atom. The van der Waals surface area contributed by atoms with Crippen LogP contribution >= 0.6 is 11.8 Å². The molecule has 0 amide bonds. The first-order valence-electron chi connectivity index (χ1n) is 7.08. The van der Waals surface area contributed by atoms with E-state index in [4.69, 9.17) is 4.74 Å². The van der Waals surface area contributed by atoms with Gasteiger partial charge in [0.1, 0.15) is 23.8 Å². The number of benzene rings is 1. The van der Waals surface area contributed by atoms with Crippen LogP contribution in [0.1, 0.15) is 0 Å². The number of halogens is 1. The highest BCUT2D eigenvalue weighted by Crippen LogP contribution is 2.30. The molecule has 5 nitrogen and oxygen atoms in total. The zero-order chi connectivity index (χ0) is 16.4. The van der Waals surface area contributed by atoms with E-state index < -0.39 is 23.7 Å². The molecule has 0 spiro atoms. The summed E-state index contributed by atoms with van der Waals surface area (Å²) in [5, 5.41) is 29.2. The van der Waals surface area contributed by atoms with Crippen LogP contribution in [0, 0.1) is 5.82 Å². The minimum atomic E-state index is -1.24. The van der Waals surface area contributed by atoms with Gasteiger partial charge in [-0.15, -0.1) is 11.8 Å². The fourth-order valence-electron chi connectivity index (χ4n) is 2.30. The molecule has 4 atom stereocenters. The van der Waals surface area contributed by atoms with Gasteiger partial charge in [-0.1, -0.05) is 12.1 Å². The molecule has 122 valence electrons. The smallest absolute Gasteiger partial charge is 0.173 e. The second-order valence-corrected chi connectivity index (χ2v) is 6.42. The molecule has 23 heavy (non-hydrogen) atoms. The first kappa shape index (κ1) is 16.2. The van der Waals surface area contributed by atoms with Crippen molar-refractivity contribution in [1.29, 1.82) is 0 Å². The predicted octanol–water partition coefficient (Wildman–Crippen LogP) is 1.42. The van der Waals surface area contributed by atoms with Crippen LogP contribution in [0.5, 0.6) is 5.75 Å². The average molecular weight is 337 g/mol. The normalized spacial score (nSPS) is 27.7. The first-order chi connectivity index (χ1) is 11.0. The third kappa shape index (κ3) is 3.64. The van der Waals surface area contributed by atoms with Crippen LogP contribution in [0.3, 0.4) is 0 Å². The Bertz CT molecular complexity index is 669. The molecular formula is C16H16FNO4S. The van der Waals surface area contributed by atoms with E-state index in [9.17, 15) is 19.7 Å². The summed E-state index contributed by atoms with van der Waals surface area (Å²) in [6.45, 7) is 0. The number of pyridine rings is 1. The van der Waals surface area contributed by atoms with E-state index in [2.05, 4.69) is 4.98 Å². The molecule has 0 aliphatic carbocycles. The Labute approximate surface area is 136 Å². The highest BCUT2D eigenvalue weighted by Gasteiger charge is 2.38. The van der Waals surface area contributed by atoms with Gasteiger partial charge >= 0.3 is 0 Å². The van der Waals surface area contributed by atoms with E-state index in [0.717, 1.165) is 11.1 Å². The van der Waals surface area contributed by atoms with Gasteiger partial charge in [0.05, 0.1) is 12.3 Å². The molecule has 1 aromatic heterocycles. The van der Waals surface area contributed by atoms with Gasteiger partial charge in [0.15, 0.2) is 5.44 Å². The van der Waals surface area contributed by atoms with Crippen LogP contribution in [0.25, 0.3) is 11.1 Å². The lowest BCUT2D eigenvalue weighted by Crippen LogP contribution is -2.50. The molecule has 7 heteroatoms. The topological polar surface area (TPSA) is 82.8 Å². The summed E-state index contributed by atoms with van der Waals surface area (Å²) in [6, 6.07) is 7.73. The monoisotopic (exact) mass is 337 g/mol. The number of ether oxygens (including phenoxy) is 1. The number of thioether (sulfide) groups is 1. The van der Waals surface area contributed by atoms with Crippen molar-refractivity contribution in [2.75, 3.05) is 5.75 Å². The number of aliphatic hydroxyl groups is 3. The number of hydrogen-bond donors (Lipinski definition) is 3. The summed E-state index contributed by atoms with van der Waals surface area (Å²) in [7, 11) is 0. The molecule has 0 saturated carbocycles. The third-order valence-corrected chi connectivity index (χ3v) is 4.83. The Hall–Kier alpha value is -1.67. The van der Waals surface area contributed by atoms with E-state index in [1.807, 2.05) is 0 Å². The van der Waals surface area contributed by atoms with Gasteiger partial charge in [-0.25, -0.2) is 4.39 Å². The molecule has 1 saturated heterocycles. The van der Waals surface area contributed by atoms with Crippen LogP contribution in [-0.2, 0) is 0 Å². The van der Waals surface area contributed by atoms with Crippen molar-refractivity contribution in [2.45, 2.75) is 23.7 Å². The van der Waals surface area contributed by atoms with E-state index in [0.29, 0.717) is 5.75 Å². The third-order valence-electron chi connectivity index (χ3n) is 3.60. The molecular weight excluding hydrogens is 321 g/mol. The number of rotatable bonds is 3. The molecule has 1 aromatic carbocycles. The van der Waals surface area contributed by atoms with Gasteiger partial charge in [-0.3, -0.25) is 4.98 Å². The lowest BCUT2D eigenvalue weighted by Gasteiger charge is -2.34. The van der Waals surface area contributed by atoms with Crippen molar-refractivity contribution in [3.8, 4) is 16.9 Å². The molecule has 1 aliphatic rings. The van der Waals surface area contributed by atoms with Crippen molar-refractivity contribution in [1.82, 2.24) is 4.98 Å². The van der Waals surface area contributed by atoms with Gasteiger partial charge in [0.2, 0.25) is 0 Å². The summed E-state index contributed by atoms with van der Waals surface area (Å²) >= 11 is 1.22. The summed E-state index contributed by atoms with van der Waals surface area (Å²) in [5.41, 5.74) is 0.841. The van der Waals surface area contributed by atoms with Crippen molar-refractivity contribution in [2.24, 2.45) is 0 Å². The van der Waals surface area contributed by atoms with Crippen molar-refractivity contribution < 1.29 is 24.4 Å². The number of hydrogen-bond acceptors (Lipinski definition) is 6. The number of nitrogens with zero attached hydrogens (tertiary/aromatic N) is 1. The fraction of sp³-hybridized carbons (Fsp3) is 0.312. The van der Waals surface area contributed by atoms with Crippen LogP contribution in [-0.4, -0.2) is 49.8 Å². The number of aromatic nitrogens is 1. The van der Waals surface area contributed by atoms with Gasteiger partial charge < -0.3 is 20.1 Å². The molecule has 0 unspecified atom stereocenters. The molecule has 1 fully saturated rings. The van der Waals surface area contributed by atoms with Gasteiger partial charge in [0.25, 0.3) is 0 Å². The summed E-state index contributed by atoms with van der Waals surface area (Å²) in [5.74, 6) is 0.379. The molecule has 3 rings (SSSR count). The Morgan fingerprint density at radius 1 is 1.04 bits per heavy atom. The SMILES string of the molecule is O[C@@H]1[C@@H](O)[C@H](Oc2cncc(-c3ccc(F)cc3)c2)SC[C@H]1O. The summed E-state index contributed by atoms with van der Waals surface area (Å²) < 4.78 is 18.7. The Balaban J connectivity index is 1.76. The van der Waals surface area contributed by atoms with Crippen LogP contribution in [0.2, 0.25) is 0 Å². The van der Waals surface area contributed by atoms with E-state index in [1.165, 1.54) is 30.1 Å². The minimum Gasteiger partial charge on any atom is -0.475 e. The Kier molecular flexibility index (Phi) is 4.82. The first-order valence-corrected chi connectivity index (χ1v) is 8.13. The van der Waals surface area contributed by atoms with Crippen molar-refractivity contribution >= 4 is 11.8 Å². The van der Waals surface area contributed by atoms with Crippen LogP contribution in [0.4, 0.5) is 4.39 Å². The minimum absolute atomic E-state index is 0.272. The quantitative estimate of drug-likeness (QED) is 0.786. The van der Waals surface area contributed by atoms with Crippen LogP contribution < -0.4 is 4.74 Å². The standard InChI is InChI=1S/C16H16FNO4S/c17-11-3-1-9(2-4-11)10-5-12(7-18-6-10)22-16-15(21)14(20)13(19)8-23-16/h1-7,13-16,19-21H,8H2/t13-,14+,15-,16-/m1/s1. The summed E-state index contributed by atoms with van der Waals surface area (Å²) in [4.78, 5) is 4.09. The molecule has 2 heterocycles. The van der Waals surface area contributed by atoms with E-state index in [-0.39, 0.29) is 11.6 Å². The molecule has 1 aliphatic heterocycles. The highest BCUT2D eigenvalue weighted by molar-refractivity contribution is 7.99. The van der Waals surface area contributed by atoms with Gasteiger partial charge in [0, 0.05) is 17.5 Å². The second kappa shape index (κ2) is 6.84. The highest BCUT2D eigenvalue weighted by atomic mass is 32.2. The van der Waals surface area contributed by atoms with Gasteiger partial charge in [-0.2, -0.15) is 0 Å². The number of aliphatic hydroxyl groups excluding tert-OH is 3. The zero-order valence-corrected chi connectivity index (χ0v) is 12.9. The maximum atomic E-state index is 13.0. The Morgan fingerprint density at radius 2 is 1.78 bits per heavy atom. The second-order valence-electron chi connectivity index (χ2n) is 5.28. The van der Waals surface area contributed by atoms with E-state index >= 15 is 0 Å². The molecule has 0 radical (unpaired) electrons. The molecule has 2 aromatic rings. The summed E-state index contributed by atoms with van der Waals surface area (Å²) in [6.07, 6.45) is -0.285. The average Bonchev–Trinajstić information content (AvgIpc) is 2.56. The molecule has 3 N–H and O–H groups in total. The van der Waals surface area contributed by atoms with E-state index in [1.54, 1.807) is 24.4 Å². The fourth-order valence-corrected chi connectivity index (χ4v) is 3.42. The predicted molar refractivity (Wildman–Crippen MR) is 84.5 cm³/mol.